The van der Waals surface area contributed by atoms with Crippen molar-refractivity contribution in [3.8, 4) is 0 Å². The van der Waals surface area contributed by atoms with Gasteiger partial charge < -0.3 is 4.90 Å². The van der Waals surface area contributed by atoms with E-state index in [1.807, 2.05) is 0 Å². The van der Waals surface area contributed by atoms with E-state index in [2.05, 4.69) is 12.6 Å². The molecule has 0 spiro atoms. The lowest BCUT2D eigenvalue weighted by Gasteiger charge is -2.25. The SMILES string of the molecule is O=CN1CCC(S)CC1. The Kier molecular flexibility index (Phi) is 2.39. The Bertz CT molecular complexity index is 99.2. The molecule has 1 heterocycles. The van der Waals surface area contributed by atoms with Crippen LogP contribution in [0.25, 0.3) is 0 Å². The van der Waals surface area contributed by atoms with Crippen molar-refractivity contribution in [2.24, 2.45) is 0 Å². The van der Waals surface area contributed by atoms with E-state index in [0.29, 0.717) is 5.25 Å². The Balaban J connectivity index is 2.26. The van der Waals surface area contributed by atoms with E-state index in [4.69, 9.17) is 0 Å². The maximum Gasteiger partial charge on any atom is 0.209 e. The Morgan fingerprint density at radius 3 is 2.44 bits per heavy atom. The fraction of sp³-hybridized carbons (Fsp3) is 0.833. The van der Waals surface area contributed by atoms with E-state index in [9.17, 15) is 4.79 Å². The van der Waals surface area contributed by atoms with Crippen molar-refractivity contribution in [3.63, 3.8) is 0 Å². The summed E-state index contributed by atoms with van der Waals surface area (Å²) in [5.74, 6) is 0. The average molecular weight is 145 g/mol. The zero-order valence-corrected chi connectivity index (χ0v) is 6.18. The van der Waals surface area contributed by atoms with Crippen LogP contribution in [0.3, 0.4) is 0 Å². The maximum atomic E-state index is 10.2. The molecule has 1 rings (SSSR count). The predicted octanol–water partition coefficient (Wildman–Crippen LogP) is 0.537. The number of amides is 1. The number of likely N-dealkylation sites (tertiary alicyclic amines) is 1. The zero-order valence-electron chi connectivity index (χ0n) is 5.29. The minimum atomic E-state index is 0.515. The van der Waals surface area contributed by atoms with E-state index in [0.717, 1.165) is 32.3 Å². The second kappa shape index (κ2) is 3.11. The minimum Gasteiger partial charge on any atom is -0.345 e. The van der Waals surface area contributed by atoms with Gasteiger partial charge >= 0.3 is 0 Å². The highest BCUT2D eigenvalue weighted by Gasteiger charge is 2.13. The summed E-state index contributed by atoms with van der Waals surface area (Å²) in [6.45, 7) is 1.77. The quantitative estimate of drug-likeness (QED) is 0.422. The molecule has 0 N–H and O–H groups in total. The Morgan fingerprint density at radius 1 is 1.44 bits per heavy atom. The van der Waals surface area contributed by atoms with Gasteiger partial charge in [-0.05, 0) is 12.8 Å². The van der Waals surface area contributed by atoms with Crippen molar-refractivity contribution < 1.29 is 4.79 Å². The monoisotopic (exact) mass is 145 g/mol. The van der Waals surface area contributed by atoms with Crippen LogP contribution in [0.2, 0.25) is 0 Å². The molecule has 1 aliphatic heterocycles. The van der Waals surface area contributed by atoms with E-state index in [1.165, 1.54) is 0 Å². The molecule has 0 aromatic rings. The zero-order chi connectivity index (χ0) is 6.69. The highest BCUT2D eigenvalue weighted by atomic mass is 32.1. The number of hydrogen-bond donors (Lipinski definition) is 1. The normalized spacial score (nSPS) is 22.1. The van der Waals surface area contributed by atoms with Crippen LogP contribution in [-0.2, 0) is 4.79 Å². The molecule has 1 amide bonds. The van der Waals surface area contributed by atoms with E-state index < -0.39 is 0 Å². The van der Waals surface area contributed by atoms with Crippen LogP contribution in [0.15, 0.2) is 0 Å². The van der Waals surface area contributed by atoms with Gasteiger partial charge in [-0.2, -0.15) is 12.6 Å². The van der Waals surface area contributed by atoms with E-state index >= 15 is 0 Å². The Hall–Kier alpha value is -0.180. The van der Waals surface area contributed by atoms with Gasteiger partial charge in [0.1, 0.15) is 0 Å². The molecule has 1 saturated heterocycles. The largest absolute Gasteiger partial charge is 0.345 e. The van der Waals surface area contributed by atoms with E-state index in [-0.39, 0.29) is 0 Å². The van der Waals surface area contributed by atoms with Crippen LogP contribution < -0.4 is 0 Å². The first-order chi connectivity index (χ1) is 4.33. The summed E-state index contributed by atoms with van der Waals surface area (Å²) in [7, 11) is 0. The number of carbonyl (C=O) groups excluding carboxylic acids is 1. The van der Waals surface area contributed by atoms with Gasteiger partial charge in [-0.25, -0.2) is 0 Å². The minimum absolute atomic E-state index is 0.515. The molecule has 0 aliphatic carbocycles. The molecule has 0 bridgehead atoms. The molecular formula is C6H11NOS. The van der Waals surface area contributed by atoms with Crippen molar-refractivity contribution in [2.45, 2.75) is 18.1 Å². The third kappa shape index (κ3) is 1.90. The van der Waals surface area contributed by atoms with Gasteiger partial charge in [0.2, 0.25) is 6.41 Å². The number of hydrogen-bond acceptors (Lipinski definition) is 2. The lowest BCUT2D eigenvalue weighted by atomic mass is 10.1. The summed E-state index contributed by atoms with van der Waals surface area (Å²) >= 11 is 4.30. The molecule has 0 unspecified atom stereocenters. The Morgan fingerprint density at radius 2 is 2.00 bits per heavy atom. The van der Waals surface area contributed by atoms with E-state index in [1.54, 1.807) is 4.90 Å². The summed E-state index contributed by atoms with van der Waals surface area (Å²) in [4.78, 5) is 12.0. The highest BCUT2D eigenvalue weighted by Crippen LogP contribution is 2.12. The number of nitrogens with zero attached hydrogens (tertiary/aromatic N) is 1. The maximum absolute atomic E-state index is 10.2. The topological polar surface area (TPSA) is 20.3 Å². The van der Waals surface area contributed by atoms with Crippen LogP contribution in [0.4, 0.5) is 0 Å². The smallest absolute Gasteiger partial charge is 0.209 e. The first-order valence-electron chi connectivity index (χ1n) is 3.20. The van der Waals surface area contributed by atoms with Gasteiger partial charge in [0.15, 0.2) is 0 Å². The van der Waals surface area contributed by atoms with Gasteiger partial charge in [-0.3, -0.25) is 4.79 Å². The van der Waals surface area contributed by atoms with Crippen molar-refractivity contribution in [1.29, 1.82) is 0 Å². The fourth-order valence-corrected chi connectivity index (χ4v) is 1.22. The van der Waals surface area contributed by atoms with Crippen LogP contribution in [0.1, 0.15) is 12.8 Å². The molecule has 0 saturated carbocycles. The summed E-state index contributed by atoms with van der Waals surface area (Å²) in [6, 6.07) is 0. The second-order valence-electron chi connectivity index (χ2n) is 2.37. The van der Waals surface area contributed by atoms with Gasteiger partial charge in [-0.1, -0.05) is 0 Å². The third-order valence-corrected chi connectivity index (χ3v) is 2.16. The number of thiol groups is 1. The molecular weight excluding hydrogens is 134 g/mol. The van der Waals surface area contributed by atoms with Crippen LogP contribution in [-0.4, -0.2) is 29.6 Å². The number of carbonyl (C=O) groups is 1. The molecule has 0 radical (unpaired) electrons. The summed E-state index contributed by atoms with van der Waals surface area (Å²) < 4.78 is 0. The third-order valence-electron chi connectivity index (χ3n) is 1.65. The van der Waals surface area contributed by atoms with Crippen molar-refractivity contribution in [3.05, 3.63) is 0 Å². The van der Waals surface area contributed by atoms with Crippen molar-refractivity contribution >= 4 is 19.0 Å². The number of rotatable bonds is 1. The summed E-state index contributed by atoms with van der Waals surface area (Å²) in [5, 5.41) is 0.515. The summed E-state index contributed by atoms with van der Waals surface area (Å²) in [5.41, 5.74) is 0. The first-order valence-corrected chi connectivity index (χ1v) is 3.72. The van der Waals surface area contributed by atoms with Gasteiger partial charge in [0.05, 0.1) is 0 Å². The Labute approximate surface area is 60.6 Å². The highest BCUT2D eigenvalue weighted by molar-refractivity contribution is 7.80. The summed E-state index contributed by atoms with van der Waals surface area (Å²) in [6.07, 6.45) is 3.00. The predicted molar refractivity (Wildman–Crippen MR) is 39.6 cm³/mol. The molecule has 1 aliphatic rings. The van der Waals surface area contributed by atoms with Crippen molar-refractivity contribution in [1.82, 2.24) is 4.90 Å². The second-order valence-corrected chi connectivity index (χ2v) is 3.10. The standard InChI is InChI=1S/C6H11NOS/c8-5-7-3-1-6(9)2-4-7/h5-6,9H,1-4H2. The average Bonchev–Trinajstić information content (AvgIpc) is 1.90. The van der Waals surface area contributed by atoms with Crippen LogP contribution in [0, 0.1) is 0 Å². The number of piperidine rings is 1. The molecule has 52 valence electrons. The van der Waals surface area contributed by atoms with Gasteiger partial charge in [0.25, 0.3) is 0 Å². The molecule has 2 nitrogen and oxygen atoms in total. The molecule has 9 heavy (non-hydrogen) atoms. The molecule has 0 aromatic carbocycles. The fourth-order valence-electron chi connectivity index (χ4n) is 0.991. The first kappa shape index (κ1) is 6.93. The molecule has 0 aromatic heterocycles. The lowest BCUT2D eigenvalue weighted by Crippen LogP contribution is -2.32. The van der Waals surface area contributed by atoms with Crippen molar-refractivity contribution in [2.75, 3.05) is 13.1 Å². The van der Waals surface area contributed by atoms with Crippen LogP contribution >= 0.6 is 12.6 Å². The molecule has 1 fully saturated rings. The molecule has 3 heteroatoms. The van der Waals surface area contributed by atoms with Crippen LogP contribution in [0.5, 0.6) is 0 Å². The van der Waals surface area contributed by atoms with Gasteiger partial charge in [0, 0.05) is 18.3 Å². The molecule has 0 atom stereocenters. The van der Waals surface area contributed by atoms with Gasteiger partial charge in [-0.15, -0.1) is 0 Å². The lowest BCUT2D eigenvalue weighted by molar-refractivity contribution is -0.118.